The molecule has 0 atom stereocenters. The Morgan fingerprint density at radius 3 is 2.41 bits per heavy atom. The predicted molar refractivity (Wildman–Crippen MR) is 61.5 cm³/mol. The summed E-state index contributed by atoms with van der Waals surface area (Å²) in [7, 11) is 0. The van der Waals surface area contributed by atoms with Crippen LogP contribution in [-0.4, -0.2) is 0 Å². The second kappa shape index (κ2) is 4.82. The predicted octanol–water partition coefficient (Wildman–Crippen LogP) is 3.13. The van der Waals surface area contributed by atoms with Crippen molar-refractivity contribution in [2.45, 2.75) is 6.61 Å². The molecule has 0 aromatic heterocycles. The molecule has 0 spiro atoms. The molecule has 0 saturated heterocycles. The Morgan fingerprint density at radius 1 is 1.00 bits per heavy atom. The van der Waals surface area contributed by atoms with E-state index in [2.05, 4.69) is 0 Å². The summed E-state index contributed by atoms with van der Waals surface area (Å²) in [6.45, 7) is 0.211. The maximum atomic E-state index is 13.3. The van der Waals surface area contributed by atoms with Crippen LogP contribution in [0.15, 0.2) is 42.5 Å². The lowest BCUT2D eigenvalue weighted by atomic mass is 10.2. The quantitative estimate of drug-likeness (QED) is 0.829. The molecule has 2 N–H and O–H groups in total. The fourth-order valence-corrected chi connectivity index (χ4v) is 1.39. The van der Waals surface area contributed by atoms with E-state index in [4.69, 9.17) is 10.5 Å². The first kappa shape index (κ1) is 11.4. The second-order valence-corrected chi connectivity index (χ2v) is 3.58. The van der Waals surface area contributed by atoms with E-state index >= 15 is 0 Å². The van der Waals surface area contributed by atoms with E-state index in [1.54, 1.807) is 0 Å². The molecule has 0 aliphatic heterocycles. The number of nitrogen functional groups attached to an aromatic ring is 1. The molecule has 4 heteroatoms. The van der Waals surface area contributed by atoms with E-state index in [-0.39, 0.29) is 18.0 Å². The Hall–Kier alpha value is -2.10. The summed E-state index contributed by atoms with van der Waals surface area (Å²) >= 11 is 0. The zero-order valence-corrected chi connectivity index (χ0v) is 8.99. The largest absolute Gasteiger partial charge is 0.486 e. The number of anilines is 1. The van der Waals surface area contributed by atoms with Crippen LogP contribution in [0.2, 0.25) is 0 Å². The van der Waals surface area contributed by atoms with Crippen molar-refractivity contribution in [1.82, 2.24) is 0 Å². The van der Waals surface area contributed by atoms with Gasteiger partial charge in [-0.2, -0.15) is 0 Å². The minimum absolute atomic E-state index is 0.0484. The summed E-state index contributed by atoms with van der Waals surface area (Å²) in [4.78, 5) is 0. The number of rotatable bonds is 3. The van der Waals surface area contributed by atoms with E-state index in [1.807, 2.05) is 30.3 Å². The van der Waals surface area contributed by atoms with E-state index in [9.17, 15) is 8.78 Å². The van der Waals surface area contributed by atoms with Gasteiger partial charge in [0.15, 0.2) is 11.6 Å². The Bertz CT molecular complexity index is 514. The van der Waals surface area contributed by atoms with E-state index in [0.29, 0.717) is 0 Å². The molecule has 0 unspecified atom stereocenters. The highest BCUT2D eigenvalue weighted by Gasteiger charge is 2.08. The highest BCUT2D eigenvalue weighted by molar-refractivity contribution is 5.46. The molecule has 0 bridgehead atoms. The highest BCUT2D eigenvalue weighted by Crippen LogP contribution is 2.23. The van der Waals surface area contributed by atoms with Gasteiger partial charge in [0.05, 0.1) is 5.69 Å². The van der Waals surface area contributed by atoms with Crippen molar-refractivity contribution in [3.8, 4) is 5.75 Å². The molecular weight excluding hydrogens is 224 g/mol. The average molecular weight is 235 g/mol. The van der Waals surface area contributed by atoms with Crippen LogP contribution >= 0.6 is 0 Å². The van der Waals surface area contributed by atoms with Gasteiger partial charge in [-0.15, -0.1) is 0 Å². The SMILES string of the molecule is Nc1cc(OCc2ccccc2)c(F)cc1F. The summed E-state index contributed by atoms with van der Waals surface area (Å²) in [5.41, 5.74) is 6.10. The molecule has 0 aliphatic carbocycles. The third-order valence-corrected chi connectivity index (χ3v) is 2.29. The zero-order chi connectivity index (χ0) is 12.3. The molecule has 2 nitrogen and oxygen atoms in total. The number of benzene rings is 2. The number of halogens is 2. The van der Waals surface area contributed by atoms with E-state index in [1.165, 1.54) is 0 Å². The summed E-state index contributed by atoms with van der Waals surface area (Å²) in [6, 6.07) is 11.2. The lowest BCUT2D eigenvalue weighted by Crippen LogP contribution is -2.00. The molecule has 0 saturated carbocycles. The monoisotopic (exact) mass is 235 g/mol. The summed E-state index contributed by atoms with van der Waals surface area (Å²) in [5, 5.41) is 0. The lowest BCUT2D eigenvalue weighted by molar-refractivity contribution is 0.289. The van der Waals surface area contributed by atoms with Crippen molar-refractivity contribution in [2.24, 2.45) is 0 Å². The minimum Gasteiger partial charge on any atom is -0.486 e. The van der Waals surface area contributed by atoms with Crippen LogP contribution in [0, 0.1) is 11.6 Å². The summed E-state index contributed by atoms with van der Waals surface area (Å²) in [6.07, 6.45) is 0. The average Bonchev–Trinajstić information content (AvgIpc) is 2.33. The molecule has 0 radical (unpaired) electrons. The first-order valence-corrected chi connectivity index (χ1v) is 5.08. The normalized spacial score (nSPS) is 10.2. The van der Waals surface area contributed by atoms with E-state index in [0.717, 1.165) is 17.7 Å². The van der Waals surface area contributed by atoms with Crippen LogP contribution in [0.4, 0.5) is 14.5 Å². The van der Waals surface area contributed by atoms with Gasteiger partial charge in [0.25, 0.3) is 0 Å². The fraction of sp³-hybridized carbons (Fsp3) is 0.0769. The zero-order valence-electron chi connectivity index (χ0n) is 8.99. The van der Waals surface area contributed by atoms with Crippen LogP contribution in [0.25, 0.3) is 0 Å². The van der Waals surface area contributed by atoms with Crippen LogP contribution in [0.3, 0.4) is 0 Å². The van der Waals surface area contributed by atoms with Gasteiger partial charge in [-0.25, -0.2) is 8.78 Å². The van der Waals surface area contributed by atoms with Gasteiger partial charge in [-0.3, -0.25) is 0 Å². The van der Waals surface area contributed by atoms with Crippen molar-refractivity contribution in [3.05, 3.63) is 59.7 Å². The van der Waals surface area contributed by atoms with Gasteiger partial charge in [0, 0.05) is 12.1 Å². The number of hydrogen-bond donors (Lipinski definition) is 1. The van der Waals surface area contributed by atoms with Crippen LogP contribution < -0.4 is 10.5 Å². The molecule has 0 amide bonds. The smallest absolute Gasteiger partial charge is 0.168 e. The first-order valence-electron chi connectivity index (χ1n) is 5.08. The Labute approximate surface area is 97.6 Å². The van der Waals surface area contributed by atoms with Gasteiger partial charge >= 0.3 is 0 Å². The van der Waals surface area contributed by atoms with Crippen molar-refractivity contribution >= 4 is 5.69 Å². The van der Waals surface area contributed by atoms with Crippen molar-refractivity contribution < 1.29 is 13.5 Å². The fourth-order valence-electron chi connectivity index (χ4n) is 1.39. The van der Waals surface area contributed by atoms with Crippen LogP contribution in [0.1, 0.15) is 5.56 Å². The van der Waals surface area contributed by atoms with Crippen molar-refractivity contribution in [1.29, 1.82) is 0 Å². The van der Waals surface area contributed by atoms with E-state index < -0.39 is 11.6 Å². The Balaban J connectivity index is 2.12. The van der Waals surface area contributed by atoms with Gasteiger partial charge in [-0.1, -0.05) is 30.3 Å². The van der Waals surface area contributed by atoms with Crippen molar-refractivity contribution in [2.75, 3.05) is 5.73 Å². The Kier molecular flexibility index (Phi) is 3.23. The molecule has 2 aromatic carbocycles. The number of nitrogens with two attached hydrogens (primary N) is 1. The van der Waals surface area contributed by atoms with Gasteiger partial charge in [-0.05, 0) is 5.56 Å². The minimum atomic E-state index is -0.783. The third kappa shape index (κ3) is 2.72. The standard InChI is InChI=1S/C13H11F2NO/c14-10-6-11(15)13(7-12(10)16)17-8-9-4-2-1-3-5-9/h1-7H,8,16H2. The third-order valence-electron chi connectivity index (χ3n) is 2.29. The molecule has 2 rings (SSSR count). The van der Waals surface area contributed by atoms with Crippen LogP contribution in [0.5, 0.6) is 5.75 Å². The molecular formula is C13H11F2NO. The highest BCUT2D eigenvalue weighted by atomic mass is 19.1. The topological polar surface area (TPSA) is 35.2 Å². The number of hydrogen-bond acceptors (Lipinski definition) is 2. The maximum absolute atomic E-state index is 13.3. The molecule has 88 valence electrons. The molecule has 2 aromatic rings. The lowest BCUT2D eigenvalue weighted by Gasteiger charge is -2.08. The first-order chi connectivity index (χ1) is 8.16. The van der Waals surface area contributed by atoms with Gasteiger partial charge in [0.2, 0.25) is 0 Å². The number of ether oxygens (including phenoxy) is 1. The maximum Gasteiger partial charge on any atom is 0.168 e. The molecule has 0 heterocycles. The van der Waals surface area contributed by atoms with Gasteiger partial charge < -0.3 is 10.5 Å². The summed E-state index contributed by atoms with van der Waals surface area (Å²) < 4.78 is 31.5. The summed E-state index contributed by atoms with van der Waals surface area (Å²) in [5.74, 6) is -1.59. The molecule has 17 heavy (non-hydrogen) atoms. The Morgan fingerprint density at radius 2 is 1.71 bits per heavy atom. The molecule has 0 fully saturated rings. The second-order valence-electron chi connectivity index (χ2n) is 3.58. The van der Waals surface area contributed by atoms with Crippen molar-refractivity contribution in [3.63, 3.8) is 0 Å². The molecule has 0 aliphatic rings. The van der Waals surface area contributed by atoms with Crippen LogP contribution in [-0.2, 0) is 6.61 Å². The van der Waals surface area contributed by atoms with Gasteiger partial charge in [0.1, 0.15) is 12.4 Å².